The molecule has 0 bridgehead atoms. The van der Waals surface area contributed by atoms with Crippen LogP contribution in [0, 0.1) is 0 Å². The lowest BCUT2D eigenvalue weighted by Crippen LogP contribution is -2.38. The Labute approximate surface area is 179 Å². The molecule has 2 aromatic rings. The van der Waals surface area contributed by atoms with Crippen molar-refractivity contribution in [3.8, 4) is 0 Å². The summed E-state index contributed by atoms with van der Waals surface area (Å²) in [4.78, 5) is 6.85. The summed E-state index contributed by atoms with van der Waals surface area (Å²) in [6.45, 7) is 8.20. The van der Waals surface area contributed by atoms with E-state index in [9.17, 15) is 0 Å². The Hall–Kier alpha value is -1.68. The number of rotatable bonds is 9. The summed E-state index contributed by atoms with van der Waals surface area (Å²) in [5, 5.41) is 14.7. The number of nitrogens with zero attached hydrogens (tertiary/aromatic N) is 5. The van der Waals surface area contributed by atoms with Gasteiger partial charge in [0.1, 0.15) is 12.2 Å². The second-order valence-electron chi connectivity index (χ2n) is 6.47. The third kappa shape index (κ3) is 8.25. The van der Waals surface area contributed by atoms with Crippen LogP contribution in [0.2, 0.25) is 0 Å². The number of aromatic nitrogens is 3. The number of hydrogen-bond donors (Lipinski definition) is 2. The average molecular weight is 485 g/mol. The quantitative estimate of drug-likeness (QED) is 0.324. The van der Waals surface area contributed by atoms with Crippen molar-refractivity contribution in [2.24, 2.45) is 4.99 Å². The fourth-order valence-electron chi connectivity index (χ4n) is 2.66. The first-order valence-electron chi connectivity index (χ1n) is 9.23. The number of aryl methyl sites for hydroxylation is 1. The summed E-state index contributed by atoms with van der Waals surface area (Å²) in [5.41, 5.74) is 2.52. The standard InChI is InChI=1S/C19H31N7.HI/c1-5-18-24-23-15-26(18)12-11-21-19(20-6-2)22-13-16-7-9-17(10-8-16)14-25(3)4;/h7-10,15H,5-6,11-14H2,1-4H3,(H2,20,21,22);1H. The summed E-state index contributed by atoms with van der Waals surface area (Å²) < 4.78 is 2.07. The van der Waals surface area contributed by atoms with Gasteiger partial charge in [0, 0.05) is 32.6 Å². The van der Waals surface area contributed by atoms with Crippen LogP contribution in [0.5, 0.6) is 0 Å². The van der Waals surface area contributed by atoms with Crippen LogP contribution in [0.4, 0.5) is 0 Å². The topological polar surface area (TPSA) is 70.4 Å². The highest BCUT2D eigenvalue weighted by molar-refractivity contribution is 14.0. The Morgan fingerprint density at radius 3 is 2.44 bits per heavy atom. The number of hydrogen-bond acceptors (Lipinski definition) is 4. The molecule has 0 atom stereocenters. The number of guanidine groups is 1. The average Bonchev–Trinajstić information content (AvgIpc) is 3.08. The van der Waals surface area contributed by atoms with E-state index in [1.165, 1.54) is 11.1 Å². The molecule has 0 saturated heterocycles. The Kier molecular flexibility index (Phi) is 11.0. The van der Waals surface area contributed by atoms with Gasteiger partial charge in [0.05, 0.1) is 6.54 Å². The van der Waals surface area contributed by atoms with Gasteiger partial charge in [-0.3, -0.25) is 0 Å². The Balaban J connectivity index is 0.00000364. The highest BCUT2D eigenvalue weighted by Gasteiger charge is 2.02. The van der Waals surface area contributed by atoms with Crippen molar-refractivity contribution in [2.75, 3.05) is 27.2 Å². The van der Waals surface area contributed by atoms with Crippen molar-refractivity contribution in [1.82, 2.24) is 30.3 Å². The van der Waals surface area contributed by atoms with Gasteiger partial charge in [-0.1, -0.05) is 31.2 Å². The van der Waals surface area contributed by atoms with Gasteiger partial charge in [-0.05, 0) is 32.1 Å². The van der Waals surface area contributed by atoms with Gasteiger partial charge in [-0.15, -0.1) is 34.2 Å². The van der Waals surface area contributed by atoms with E-state index >= 15 is 0 Å². The Morgan fingerprint density at radius 1 is 1.11 bits per heavy atom. The summed E-state index contributed by atoms with van der Waals surface area (Å²) >= 11 is 0. The van der Waals surface area contributed by atoms with Crippen LogP contribution < -0.4 is 10.6 Å². The van der Waals surface area contributed by atoms with Gasteiger partial charge in [0.2, 0.25) is 0 Å². The van der Waals surface area contributed by atoms with E-state index in [0.29, 0.717) is 6.54 Å². The highest BCUT2D eigenvalue weighted by Crippen LogP contribution is 2.07. The van der Waals surface area contributed by atoms with Crippen LogP contribution in [0.3, 0.4) is 0 Å². The Morgan fingerprint density at radius 2 is 1.81 bits per heavy atom. The lowest BCUT2D eigenvalue weighted by atomic mass is 10.1. The minimum absolute atomic E-state index is 0. The first-order chi connectivity index (χ1) is 12.6. The van der Waals surface area contributed by atoms with E-state index in [2.05, 4.69) is 87.5 Å². The number of benzene rings is 1. The van der Waals surface area contributed by atoms with E-state index in [0.717, 1.165) is 44.4 Å². The number of nitrogens with one attached hydrogen (secondary N) is 2. The maximum Gasteiger partial charge on any atom is 0.191 e. The zero-order valence-electron chi connectivity index (χ0n) is 16.8. The van der Waals surface area contributed by atoms with Crippen LogP contribution in [0.1, 0.15) is 30.8 Å². The minimum atomic E-state index is 0. The summed E-state index contributed by atoms with van der Waals surface area (Å²) in [6, 6.07) is 8.64. The molecule has 0 aliphatic carbocycles. The first kappa shape index (κ1) is 23.4. The second-order valence-corrected chi connectivity index (χ2v) is 6.47. The fraction of sp³-hybridized carbons (Fsp3) is 0.526. The third-order valence-electron chi connectivity index (χ3n) is 3.94. The molecule has 150 valence electrons. The van der Waals surface area contributed by atoms with Crippen LogP contribution in [-0.4, -0.2) is 52.8 Å². The molecule has 2 N–H and O–H groups in total. The predicted octanol–water partition coefficient (Wildman–Crippen LogP) is 2.28. The molecule has 27 heavy (non-hydrogen) atoms. The van der Waals surface area contributed by atoms with Crippen LogP contribution in [-0.2, 0) is 26.1 Å². The molecule has 8 heteroatoms. The van der Waals surface area contributed by atoms with Gasteiger partial charge in [-0.2, -0.15) is 0 Å². The fourth-order valence-corrected chi connectivity index (χ4v) is 2.66. The summed E-state index contributed by atoms with van der Waals surface area (Å²) in [6.07, 6.45) is 2.66. The molecule has 0 aliphatic heterocycles. The second kappa shape index (κ2) is 12.7. The molecule has 0 spiro atoms. The van der Waals surface area contributed by atoms with E-state index in [-0.39, 0.29) is 24.0 Å². The third-order valence-corrected chi connectivity index (χ3v) is 3.94. The van der Waals surface area contributed by atoms with Crippen LogP contribution >= 0.6 is 24.0 Å². The minimum Gasteiger partial charge on any atom is -0.357 e. The van der Waals surface area contributed by atoms with Gasteiger partial charge in [-0.25, -0.2) is 4.99 Å². The largest absolute Gasteiger partial charge is 0.357 e. The predicted molar refractivity (Wildman–Crippen MR) is 121 cm³/mol. The molecular formula is C19H32IN7. The molecule has 1 aromatic heterocycles. The van der Waals surface area contributed by atoms with Crippen LogP contribution in [0.15, 0.2) is 35.6 Å². The molecule has 1 aromatic carbocycles. The molecule has 0 unspecified atom stereocenters. The van der Waals surface area contributed by atoms with Crippen molar-refractivity contribution >= 4 is 29.9 Å². The maximum absolute atomic E-state index is 4.68. The van der Waals surface area contributed by atoms with E-state index < -0.39 is 0 Å². The first-order valence-corrected chi connectivity index (χ1v) is 9.23. The molecular weight excluding hydrogens is 453 g/mol. The number of halogens is 1. The molecule has 1 heterocycles. The molecule has 0 radical (unpaired) electrons. The monoisotopic (exact) mass is 485 g/mol. The van der Waals surface area contributed by atoms with Crippen molar-refractivity contribution in [2.45, 2.75) is 39.9 Å². The molecule has 7 nitrogen and oxygen atoms in total. The van der Waals surface area contributed by atoms with Crippen molar-refractivity contribution in [1.29, 1.82) is 0 Å². The lowest BCUT2D eigenvalue weighted by molar-refractivity contribution is 0.402. The van der Waals surface area contributed by atoms with E-state index in [1.54, 1.807) is 6.33 Å². The zero-order valence-corrected chi connectivity index (χ0v) is 19.1. The highest BCUT2D eigenvalue weighted by atomic mass is 127. The SMILES string of the molecule is CCNC(=NCc1ccc(CN(C)C)cc1)NCCn1cnnc1CC.I. The van der Waals surface area contributed by atoms with Gasteiger partial charge in [0.15, 0.2) is 5.96 Å². The van der Waals surface area contributed by atoms with Gasteiger partial charge in [0.25, 0.3) is 0 Å². The van der Waals surface area contributed by atoms with Crippen molar-refractivity contribution in [3.05, 3.63) is 47.5 Å². The smallest absolute Gasteiger partial charge is 0.191 e. The van der Waals surface area contributed by atoms with Crippen molar-refractivity contribution in [3.63, 3.8) is 0 Å². The number of aliphatic imine (C=N–C) groups is 1. The summed E-state index contributed by atoms with van der Waals surface area (Å²) in [7, 11) is 4.16. The maximum atomic E-state index is 4.68. The van der Waals surface area contributed by atoms with E-state index in [4.69, 9.17) is 0 Å². The molecule has 0 amide bonds. The molecule has 0 aliphatic rings. The van der Waals surface area contributed by atoms with E-state index in [1.807, 2.05) is 0 Å². The zero-order chi connectivity index (χ0) is 18.8. The molecule has 0 saturated carbocycles. The van der Waals surface area contributed by atoms with Gasteiger partial charge < -0.3 is 20.1 Å². The van der Waals surface area contributed by atoms with Crippen LogP contribution in [0.25, 0.3) is 0 Å². The molecule has 2 rings (SSSR count). The Bertz CT molecular complexity index is 680. The normalized spacial score (nSPS) is 11.4. The molecule has 0 fully saturated rings. The van der Waals surface area contributed by atoms with Crippen molar-refractivity contribution < 1.29 is 0 Å². The van der Waals surface area contributed by atoms with Gasteiger partial charge >= 0.3 is 0 Å². The summed E-state index contributed by atoms with van der Waals surface area (Å²) in [5.74, 6) is 1.84. The lowest BCUT2D eigenvalue weighted by Gasteiger charge is -2.12.